The number of benzene rings is 1. The average molecular weight is 278 g/mol. The van der Waals surface area contributed by atoms with E-state index < -0.39 is 0 Å². The van der Waals surface area contributed by atoms with Crippen molar-refractivity contribution >= 4 is 11.8 Å². The Balaban J connectivity index is 2.01. The second kappa shape index (κ2) is 6.78. The lowest BCUT2D eigenvalue weighted by atomic mass is 9.99. The normalized spacial score (nSPS) is 20.6. The summed E-state index contributed by atoms with van der Waals surface area (Å²) in [6.45, 7) is 5.66. The average Bonchev–Trinajstić information content (AvgIpc) is 2.38. The van der Waals surface area contributed by atoms with Gasteiger partial charge in [0.1, 0.15) is 0 Å². The summed E-state index contributed by atoms with van der Waals surface area (Å²) in [7, 11) is 4.35. The number of fused-ring (bicyclic) bond motifs is 1. The quantitative estimate of drug-likeness (QED) is 0.891. The maximum absolute atomic E-state index is 3.78. The Morgan fingerprint density at radius 1 is 1.32 bits per heavy atom. The number of rotatable bonds is 5. The van der Waals surface area contributed by atoms with Gasteiger partial charge < -0.3 is 10.2 Å². The first-order valence-corrected chi connectivity index (χ1v) is 8.30. The standard InChI is InChI=1S/C16H26N2S/c1-12(2)16(18(3)4)9-17-15-11-19-10-13-7-5-6-8-14(13)15/h5-8,12,15-17H,9-11H2,1-4H3. The molecule has 1 aromatic rings. The SMILES string of the molecule is CC(C)C(CNC1CSCc2ccccc21)N(C)C. The van der Waals surface area contributed by atoms with Crippen LogP contribution < -0.4 is 5.32 Å². The van der Waals surface area contributed by atoms with Gasteiger partial charge in [0.15, 0.2) is 0 Å². The Labute approximate surface area is 122 Å². The van der Waals surface area contributed by atoms with Crippen molar-refractivity contribution in [2.75, 3.05) is 26.4 Å². The summed E-state index contributed by atoms with van der Waals surface area (Å²) in [5.74, 6) is 3.03. The van der Waals surface area contributed by atoms with Crippen LogP contribution in [0.5, 0.6) is 0 Å². The van der Waals surface area contributed by atoms with Crippen LogP contribution in [0.2, 0.25) is 0 Å². The number of hydrogen-bond acceptors (Lipinski definition) is 3. The van der Waals surface area contributed by atoms with Crippen LogP contribution in [0.4, 0.5) is 0 Å². The number of nitrogens with one attached hydrogen (secondary N) is 1. The van der Waals surface area contributed by atoms with E-state index in [0.29, 0.717) is 18.0 Å². The van der Waals surface area contributed by atoms with E-state index in [2.05, 4.69) is 62.4 Å². The molecule has 1 aliphatic rings. The highest BCUT2D eigenvalue weighted by Crippen LogP contribution is 2.31. The lowest BCUT2D eigenvalue weighted by Gasteiger charge is -2.32. The zero-order valence-corrected chi connectivity index (χ0v) is 13.3. The minimum absolute atomic E-state index is 0.510. The van der Waals surface area contributed by atoms with Gasteiger partial charge in [0.25, 0.3) is 0 Å². The van der Waals surface area contributed by atoms with Gasteiger partial charge in [-0.1, -0.05) is 38.1 Å². The fraction of sp³-hybridized carbons (Fsp3) is 0.625. The molecule has 1 N–H and O–H groups in total. The third-order valence-corrected chi connectivity index (χ3v) is 5.06. The van der Waals surface area contributed by atoms with Gasteiger partial charge in [0, 0.05) is 30.1 Å². The summed E-state index contributed by atoms with van der Waals surface area (Å²) in [5.41, 5.74) is 3.00. The molecule has 2 nitrogen and oxygen atoms in total. The third kappa shape index (κ3) is 3.74. The van der Waals surface area contributed by atoms with Crippen molar-refractivity contribution in [3.05, 3.63) is 35.4 Å². The zero-order chi connectivity index (χ0) is 13.8. The van der Waals surface area contributed by atoms with Gasteiger partial charge in [0.05, 0.1) is 0 Å². The molecule has 0 bridgehead atoms. The maximum atomic E-state index is 3.78. The van der Waals surface area contributed by atoms with Crippen LogP contribution in [0, 0.1) is 5.92 Å². The number of likely N-dealkylation sites (N-methyl/N-ethyl adjacent to an activating group) is 1. The van der Waals surface area contributed by atoms with Gasteiger partial charge in [-0.2, -0.15) is 11.8 Å². The lowest BCUT2D eigenvalue weighted by Crippen LogP contribution is -2.43. The van der Waals surface area contributed by atoms with Crippen molar-refractivity contribution in [1.29, 1.82) is 0 Å². The van der Waals surface area contributed by atoms with Crippen LogP contribution in [0.25, 0.3) is 0 Å². The number of thioether (sulfide) groups is 1. The van der Waals surface area contributed by atoms with Gasteiger partial charge >= 0.3 is 0 Å². The second-order valence-electron chi connectivity index (χ2n) is 5.95. The molecule has 0 aliphatic carbocycles. The Bertz CT molecular complexity index is 395. The van der Waals surface area contributed by atoms with Crippen molar-refractivity contribution in [3.8, 4) is 0 Å². The minimum Gasteiger partial charge on any atom is -0.308 e. The van der Waals surface area contributed by atoms with E-state index in [0.717, 1.165) is 12.3 Å². The van der Waals surface area contributed by atoms with Crippen LogP contribution >= 0.6 is 11.8 Å². The van der Waals surface area contributed by atoms with E-state index in [9.17, 15) is 0 Å². The van der Waals surface area contributed by atoms with Gasteiger partial charge in [-0.05, 0) is 31.1 Å². The van der Waals surface area contributed by atoms with Crippen LogP contribution in [0.3, 0.4) is 0 Å². The van der Waals surface area contributed by atoms with Crippen molar-refractivity contribution in [2.45, 2.75) is 31.7 Å². The van der Waals surface area contributed by atoms with E-state index in [1.165, 1.54) is 16.9 Å². The Hall–Kier alpha value is -0.510. The lowest BCUT2D eigenvalue weighted by molar-refractivity contribution is 0.220. The molecule has 1 aliphatic heterocycles. The van der Waals surface area contributed by atoms with Crippen molar-refractivity contribution < 1.29 is 0 Å². The van der Waals surface area contributed by atoms with Crippen LogP contribution in [0.1, 0.15) is 31.0 Å². The molecule has 2 atom stereocenters. The predicted octanol–water partition coefficient (Wildman–Crippen LogP) is 3.15. The van der Waals surface area contributed by atoms with Crippen molar-refractivity contribution in [1.82, 2.24) is 10.2 Å². The second-order valence-corrected chi connectivity index (χ2v) is 6.98. The zero-order valence-electron chi connectivity index (χ0n) is 12.5. The van der Waals surface area contributed by atoms with Gasteiger partial charge in [0.2, 0.25) is 0 Å². The smallest absolute Gasteiger partial charge is 0.0415 e. The van der Waals surface area contributed by atoms with Gasteiger partial charge in [-0.25, -0.2) is 0 Å². The van der Waals surface area contributed by atoms with Gasteiger partial charge in [-0.3, -0.25) is 0 Å². The molecule has 1 heterocycles. The molecule has 0 saturated carbocycles. The molecule has 2 rings (SSSR count). The molecule has 1 aromatic carbocycles. The predicted molar refractivity (Wildman–Crippen MR) is 85.7 cm³/mol. The van der Waals surface area contributed by atoms with E-state index in [4.69, 9.17) is 0 Å². The molecule has 106 valence electrons. The van der Waals surface area contributed by atoms with Crippen molar-refractivity contribution in [2.24, 2.45) is 5.92 Å². The van der Waals surface area contributed by atoms with E-state index in [1.54, 1.807) is 0 Å². The summed E-state index contributed by atoms with van der Waals surface area (Å²) in [6.07, 6.45) is 0. The number of hydrogen-bond donors (Lipinski definition) is 1. The summed E-state index contributed by atoms with van der Waals surface area (Å²) in [6, 6.07) is 9.97. The van der Waals surface area contributed by atoms with Crippen molar-refractivity contribution in [3.63, 3.8) is 0 Å². The monoisotopic (exact) mass is 278 g/mol. The molecule has 0 saturated heterocycles. The van der Waals surface area contributed by atoms with E-state index in [-0.39, 0.29) is 0 Å². The molecular formula is C16H26N2S. The molecule has 3 heteroatoms. The molecular weight excluding hydrogens is 252 g/mol. The first-order chi connectivity index (χ1) is 9.09. The first kappa shape index (κ1) is 14.9. The van der Waals surface area contributed by atoms with Crippen LogP contribution in [-0.4, -0.2) is 37.3 Å². The summed E-state index contributed by atoms with van der Waals surface area (Å²) in [5, 5.41) is 3.78. The molecule has 0 fully saturated rings. The highest BCUT2D eigenvalue weighted by molar-refractivity contribution is 7.98. The highest BCUT2D eigenvalue weighted by atomic mass is 32.2. The molecule has 2 unspecified atom stereocenters. The summed E-state index contributed by atoms with van der Waals surface area (Å²) < 4.78 is 0. The molecule has 19 heavy (non-hydrogen) atoms. The topological polar surface area (TPSA) is 15.3 Å². The summed E-state index contributed by atoms with van der Waals surface area (Å²) in [4.78, 5) is 2.33. The summed E-state index contributed by atoms with van der Waals surface area (Å²) >= 11 is 2.04. The fourth-order valence-electron chi connectivity index (χ4n) is 2.83. The third-order valence-electron chi connectivity index (χ3n) is 3.98. The maximum Gasteiger partial charge on any atom is 0.0415 e. The number of nitrogens with zero attached hydrogens (tertiary/aromatic N) is 1. The Morgan fingerprint density at radius 2 is 2.05 bits per heavy atom. The molecule has 0 aromatic heterocycles. The Morgan fingerprint density at radius 3 is 2.74 bits per heavy atom. The van der Waals surface area contributed by atoms with E-state index >= 15 is 0 Å². The van der Waals surface area contributed by atoms with Crippen LogP contribution in [0.15, 0.2) is 24.3 Å². The molecule has 0 spiro atoms. The minimum atomic E-state index is 0.510. The Kier molecular flexibility index (Phi) is 5.31. The van der Waals surface area contributed by atoms with Gasteiger partial charge in [-0.15, -0.1) is 0 Å². The van der Waals surface area contributed by atoms with Crippen LogP contribution in [-0.2, 0) is 5.75 Å². The fourth-order valence-corrected chi connectivity index (χ4v) is 3.96. The molecule has 0 amide bonds. The highest BCUT2D eigenvalue weighted by Gasteiger charge is 2.22. The van der Waals surface area contributed by atoms with E-state index in [1.807, 2.05) is 11.8 Å². The first-order valence-electron chi connectivity index (χ1n) is 7.15. The molecule has 0 radical (unpaired) electrons. The largest absolute Gasteiger partial charge is 0.308 e.